The summed E-state index contributed by atoms with van der Waals surface area (Å²) in [6.07, 6.45) is -4.61. The second-order valence-corrected chi connectivity index (χ2v) is 2.26. The number of aromatic amines is 1. The van der Waals surface area contributed by atoms with Gasteiger partial charge in [0.15, 0.2) is 5.69 Å². The van der Waals surface area contributed by atoms with Crippen molar-refractivity contribution in [1.82, 2.24) is 9.78 Å². The lowest BCUT2D eigenvalue weighted by Gasteiger charge is -2.02. The third-order valence-corrected chi connectivity index (χ3v) is 1.37. The van der Waals surface area contributed by atoms with Crippen LogP contribution in [0.15, 0.2) is 4.79 Å². The highest BCUT2D eigenvalue weighted by Gasteiger charge is 2.36. The molecule has 0 aliphatic rings. The van der Waals surface area contributed by atoms with Gasteiger partial charge in [-0.3, -0.25) is 14.6 Å². The van der Waals surface area contributed by atoms with E-state index in [1.165, 1.54) is 0 Å². The van der Waals surface area contributed by atoms with Crippen LogP contribution >= 0.6 is 0 Å². The van der Waals surface area contributed by atoms with Crippen molar-refractivity contribution in [2.45, 2.75) is 6.18 Å². The van der Waals surface area contributed by atoms with Gasteiger partial charge in [0.1, 0.15) is 5.69 Å². The van der Waals surface area contributed by atoms with Crippen molar-refractivity contribution in [3.63, 3.8) is 0 Å². The van der Waals surface area contributed by atoms with Crippen molar-refractivity contribution in [2.24, 2.45) is 7.05 Å². The molecule has 3 N–H and O–H groups in total. The summed E-state index contributed by atoms with van der Waals surface area (Å²) in [7, 11) is 1.16. The second-order valence-electron chi connectivity index (χ2n) is 2.26. The number of hydrogen-bond acceptors (Lipinski definition) is 2. The van der Waals surface area contributed by atoms with Crippen LogP contribution in [0.2, 0.25) is 0 Å². The molecule has 0 atom stereocenters. The van der Waals surface area contributed by atoms with Gasteiger partial charge in [-0.25, -0.2) is 0 Å². The molecule has 0 aliphatic heterocycles. The molecule has 0 spiro atoms. The molecule has 0 saturated carbocycles. The summed E-state index contributed by atoms with van der Waals surface area (Å²) in [6, 6.07) is 0. The Bertz CT molecular complexity index is 348. The number of aromatic nitrogens is 2. The van der Waals surface area contributed by atoms with Crippen LogP contribution in [0.1, 0.15) is 5.69 Å². The summed E-state index contributed by atoms with van der Waals surface area (Å²) in [5, 5.41) is 1.81. The normalized spacial score (nSPS) is 12.0. The second kappa shape index (κ2) is 2.29. The van der Waals surface area contributed by atoms with E-state index in [-0.39, 0.29) is 0 Å². The molecule has 0 fully saturated rings. The summed E-state index contributed by atoms with van der Waals surface area (Å²) < 4.78 is 36.6. The van der Waals surface area contributed by atoms with Crippen LogP contribution in [-0.2, 0) is 13.2 Å². The Hall–Kier alpha value is -1.40. The van der Waals surface area contributed by atoms with Crippen molar-refractivity contribution in [3.8, 4) is 0 Å². The number of nitrogens with zero attached hydrogens (tertiary/aromatic N) is 1. The number of nitrogen functional groups attached to an aromatic ring is 1. The molecule has 1 aromatic heterocycles. The van der Waals surface area contributed by atoms with E-state index in [4.69, 9.17) is 5.73 Å². The Kier molecular flexibility index (Phi) is 1.66. The molecular weight excluding hydrogens is 175 g/mol. The van der Waals surface area contributed by atoms with E-state index in [0.29, 0.717) is 4.68 Å². The average molecular weight is 181 g/mol. The van der Waals surface area contributed by atoms with Crippen LogP contribution < -0.4 is 11.3 Å². The SMILES string of the molecule is Cn1[nH]c(C(F)(F)F)c(N)c1=O. The zero-order valence-electron chi connectivity index (χ0n) is 6.07. The lowest BCUT2D eigenvalue weighted by Crippen LogP contribution is -2.14. The monoisotopic (exact) mass is 181 g/mol. The molecule has 12 heavy (non-hydrogen) atoms. The van der Waals surface area contributed by atoms with Gasteiger partial charge in [0.2, 0.25) is 0 Å². The summed E-state index contributed by atoms with van der Waals surface area (Å²) in [4.78, 5) is 10.7. The van der Waals surface area contributed by atoms with Crippen LogP contribution in [0.5, 0.6) is 0 Å². The molecule has 1 aromatic rings. The highest BCUT2D eigenvalue weighted by atomic mass is 19.4. The molecule has 0 saturated heterocycles. The minimum absolute atomic E-state index is 0.679. The minimum Gasteiger partial charge on any atom is -0.392 e. The number of H-pyrrole nitrogens is 1. The van der Waals surface area contributed by atoms with Gasteiger partial charge < -0.3 is 5.73 Å². The van der Waals surface area contributed by atoms with E-state index in [9.17, 15) is 18.0 Å². The number of anilines is 1. The Morgan fingerprint density at radius 3 is 2.17 bits per heavy atom. The first-order chi connectivity index (χ1) is 5.34. The Morgan fingerprint density at radius 1 is 1.50 bits per heavy atom. The molecule has 4 nitrogen and oxygen atoms in total. The maximum Gasteiger partial charge on any atom is 0.434 e. The van der Waals surface area contributed by atoms with Gasteiger partial charge in [0.05, 0.1) is 0 Å². The highest BCUT2D eigenvalue weighted by molar-refractivity contribution is 5.42. The molecule has 0 unspecified atom stereocenters. The molecule has 0 aliphatic carbocycles. The Balaban J connectivity index is 3.38. The van der Waals surface area contributed by atoms with Crippen molar-refractivity contribution < 1.29 is 13.2 Å². The standard InChI is InChI=1S/C5H6F3N3O/c1-11-4(12)2(9)3(10-11)5(6,7)8/h10H,9H2,1H3. The maximum atomic E-state index is 12.0. The van der Waals surface area contributed by atoms with Crippen molar-refractivity contribution >= 4 is 5.69 Å². The van der Waals surface area contributed by atoms with E-state index in [0.717, 1.165) is 7.05 Å². The van der Waals surface area contributed by atoms with Crippen molar-refractivity contribution in [3.05, 3.63) is 16.0 Å². The number of aryl methyl sites for hydroxylation is 1. The summed E-state index contributed by atoms with van der Waals surface area (Å²) in [5.41, 5.74) is 2.03. The lowest BCUT2D eigenvalue weighted by atomic mass is 10.4. The molecule has 1 heterocycles. The van der Waals surface area contributed by atoms with Crippen LogP contribution in [-0.4, -0.2) is 9.78 Å². The van der Waals surface area contributed by atoms with E-state index in [1.54, 1.807) is 5.10 Å². The number of nitrogens with one attached hydrogen (secondary N) is 1. The summed E-state index contributed by atoms with van der Waals surface area (Å²) in [6.45, 7) is 0. The highest BCUT2D eigenvalue weighted by Crippen LogP contribution is 2.29. The van der Waals surface area contributed by atoms with Crippen molar-refractivity contribution in [2.75, 3.05) is 5.73 Å². The summed E-state index contributed by atoms with van der Waals surface area (Å²) in [5.74, 6) is 0. The topological polar surface area (TPSA) is 63.8 Å². The van der Waals surface area contributed by atoms with Crippen LogP contribution in [0.3, 0.4) is 0 Å². The first-order valence-corrected chi connectivity index (χ1v) is 2.95. The van der Waals surface area contributed by atoms with E-state index < -0.39 is 23.1 Å². The quantitative estimate of drug-likeness (QED) is 0.605. The fourth-order valence-electron chi connectivity index (χ4n) is 0.782. The summed E-state index contributed by atoms with van der Waals surface area (Å²) >= 11 is 0. The smallest absolute Gasteiger partial charge is 0.392 e. The molecule has 0 aromatic carbocycles. The number of rotatable bonds is 0. The largest absolute Gasteiger partial charge is 0.434 e. The Labute approximate surface area is 64.8 Å². The molecule has 0 bridgehead atoms. The zero-order chi connectivity index (χ0) is 9.52. The molecule has 0 radical (unpaired) electrons. The molecule has 0 amide bonds. The first-order valence-electron chi connectivity index (χ1n) is 2.95. The minimum atomic E-state index is -4.61. The fraction of sp³-hybridized carbons (Fsp3) is 0.400. The lowest BCUT2D eigenvalue weighted by molar-refractivity contribution is -0.140. The number of hydrogen-bond donors (Lipinski definition) is 2. The average Bonchev–Trinajstić information content (AvgIpc) is 2.15. The fourth-order valence-corrected chi connectivity index (χ4v) is 0.782. The van der Waals surface area contributed by atoms with Gasteiger partial charge in [0, 0.05) is 7.05 Å². The Morgan fingerprint density at radius 2 is 2.00 bits per heavy atom. The van der Waals surface area contributed by atoms with Gasteiger partial charge in [-0.2, -0.15) is 13.2 Å². The van der Waals surface area contributed by atoms with E-state index in [2.05, 4.69) is 0 Å². The van der Waals surface area contributed by atoms with Gasteiger partial charge in [-0.15, -0.1) is 0 Å². The molecule has 68 valence electrons. The van der Waals surface area contributed by atoms with E-state index >= 15 is 0 Å². The maximum absolute atomic E-state index is 12.0. The van der Waals surface area contributed by atoms with Crippen LogP contribution in [0.4, 0.5) is 18.9 Å². The zero-order valence-corrected chi connectivity index (χ0v) is 6.07. The van der Waals surface area contributed by atoms with Gasteiger partial charge in [-0.05, 0) is 0 Å². The number of halogens is 3. The van der Waals surface area contributed by atoms with Crippen LogP contribution in [0, 0.1) is 0 Å². The molecular formula is C5H6F3N3O. The van der Waals surface area contributed by atoms with Gasteiger partial charge in [0.25, 0.3) is 5.56 Å². The van der Waals surface area contributed by atoms with Gasteiger partial charge in [-0.1, -0.05) is 0 Å². The van der Waals surface area contributed by atoms with Gasteiger partial charge >= 0.3 is 6.18 Å². The predicted molar refractivity (Wildman–Crippen MR) is 35.4 cm³/mol. The number of alkyl halides is 3. The van der Waals surface area contributed by atoms with Crippen LogP contribution in [0.25, 0.3) is 0 Å². The third kappa shape index (κ3) is 1.17. The van der Waals surface area contributed by atoms with E-state index in [1.807, 2.05) is 0 Å². The molecule has 7 heteroatoms. The molecule has 1 rings (SSSR count). The van der Waals surface area contributed by atoms with Crippen molar-refractivity contribution in [1.29, 1.82) is 0 Å². The predicted octanol–water partition coefficient (Wildman–Crippen LogP) is 0.314. The first kappa shape index (κ1) is 8.69. The number of nitrogens with two attached hydrogens (primary N) is 1. The third-order valence-electron chi connectivity index (χ3n) is 1.37.